The summed E-state index contributed by atoms with van der Waals surface area (Å²) >= 11 is 0.978. The van der Waals surface area contributed by atoms with Crippen molar-refractivity contribution in [3.8, 4) is 17.2 Å². The van der Waals surface area contributed by atoms with Crippen molar-refractivity contribution < 1.29 is 32.1 Å². The van der Waals surface area contributed by atoms with Crippen LogP contribution in [0.25, 0.3) is 0 Å². The Morgan fingerprint density at radius 2 is 1.91 bits per heavy atom. The lowest BCUT2D eigenvalue weighted by Gasteiger charge is -2.47. The van der Waals surface area contributed by atoms with Crippen LogP contribution in [0.5, 0.6) is 17.2 Å². The standard InChI is InChI=1S/C32H35FN4O6S2/c1-32(38)13-14-36(28(18-32)21-4-7-23(33)8-5-21)27-12-15-43-30-17-25(10-11-26(27)30)45(39,40)37(31-34-20-35-44-31)19-22-6-9-24(41-2)16-29(22)42-3/h4-11,16-17,20,27-28,38H,12-15,18-19H2,1-3H3/t27-,28-,32-/m0/s1. The predicted molar refractivity (Wildman–Crippen MR) is 168 cm³/mol. The number of anilines is 1. The molecule has 1 fully saturated rings. The van der Waals surface area contributed by atoms with Crippen molar-refractivity contribution in [3.63, 3.8) is 0 Å². The number of sulfonamides is 1. The smallest absolute Gasteiger partial charge is 0.266 e. The SMILES string of the molecule is COc1ccc(CN(c2ncns2)S(=O)(=O)c2ccc3c(c2)OCC[C@@H]3N2CC[C@](C)(O)C[C@H]2c2ccc(F)cc2)c(OC)c1. The second-order valence-electron chi connectivity index (χ2n) is 11.5. The van der Waals surface area contributed by atoms with Gasteiger partial charge in [0, 0.05) is 59.8 Å². The first kappa shape index (κ1) is 31.2. The number of aliphatic hydroxyl groups is 1. The van der Waals surface area contributed by atoms with E-state index in [2.05, 4.69) is 14.3 Å². The second kappa shape index (κ2) is 12.5. The van der Waals surface area contributed by atoms with Crippen LogP contribution in [0.3, 0.4) is 0 Å². The molecule has 6 rings (SSSR count). The van der Waals surface area contributed by atoms with Crippen LogP contribution in [0.4, 0.5) is 9.52 Å². The van der Waals surface area contributed by atoms with Crippen LogP contribution in [-0.4, -0.2) is 60.8 Å². The van der Waals surface area contributed by atoms with Crippen molar-refractivity contribution in [2.45, 2.75) is 55.3 Å². The average molecular weight is 655 g/mol. The van der Waals surface area contributed by atoms with E-state index in [9.17, 15) is 17.9 Å². The summed E-state index contributed by atoms with van der Waals surface area (Å²) in [7, 11) is -1.05. The summed E-state index contributed by atoms with van der Waals surface area (Å²) in [5.41, 5.74) is 1.56. The number of aromatic nitrogens is 2. The van der Waals surface area contributed by atoms with Gasteiger partial charge in [0.15, 0.2) is 0 Å². The number of methoxy groups -OCH3 is 2. The van der Waals surface area contributed by atoms with Gasteiger partial charge in [-0.1, -0.05) is 18.2 Å². The van der Waals surface area contributed by atoms with Gasteiger partial charge in [0.05, 0.1) is 37.9 Å². The molecule has 3 heterocycles. The Hall–Kier alpha value is -3.78. The summed E-state index contributed by atoms with van der Waals surface area (Å²) in [4.78, 5) is 6.60. The zero-order chi connectivity index (χ0) is 31.8. The van der Waals surface area contributed by atoms with E-state index < -0.39 is 15.6 Å². The lowest BCUT2D eigenvalue weighted by molar-refractivity contribution is -0.0540. The van der Waals surface area contributed by atoms with Crippen LogP contribution < -0.4 is 18.5 Å². The van der Waals surface area contributed by atoms with Gasteiger partial charge in [0.1, 0.15) is 29.4 Å². The Kier molecular flexibility index (Phi) is 8.70. The van der Waals surface area contributed by atoms with E-state index in [4.69, 9.17) is 14.2 Å². The Bertz CT molecular complexity index is 1750. The van der Waals surface area contributed by atoms with Gasteiger partial charge < -0.3 is 19.3 Å². The molecule has 13 heteroatoms. The van der Waals surface area contributed by atoms with Gasteiger partial charge in [-0.05, 0) is 55.7 Å². The van der Waals surface area contributed by atoms with E-state index in [1.165, 1.54) is 29.9 Å². The lowest BCUT2D eigenvalue weighted by atomic mass is 9.82. The Morgan fingerprint density at radius 1 is 1.11 bits per heavy atom. The van der Waals surface area contributed by atoms with Gasteiger partial charge in [-0.3, -0.25) is 4.90 Å². The van der Waals surface area contributed by atoms with Crippen molar-refractivity contribution in [3.05, 3.63) is 89.5 Å². The summed E-state index contributed by atoms with van der Waals surface area (Å²) in [6.07, 6.45) is 3.08. The molecule has 1 N–H and O–H groups in total. The fourth-order valence-corrected chi connectivity index (χ4v) is 8.33. The molecule has 0 spiro atoms. The highest BCUT2D eigenvalue weighted by molar-refractivity contribution is 7.93. The van der Waals surface area contributed by atoms with E-state index in [-0.39, 0.29) is 34.5 Å². The molecule has 0 saturated carbocycles. The topological polar surface area (TPSA) is 114 Å². The summed E-state index contributed by atoms with van der Waals surface area (Å²) in [6, 6.07) is 16.4. The number of hydrogen-bond acceptors (Lipinski definition) is 10. The Labute approximate surface area is 266 Å². The molecule has 0 radical (unpaired) electrons. The molecule has 2 aliphatic rings. The average Bonchev–Trinajstić information content (AvgIpc) is 3.57. The molecule has 10 nitrogen and oxygen atoms in total. The number of halogens is 1. The van der Waals surface area contributed by atoms with Crippen molar-refractivity contribution in [1.29, 1.82) is 0 Å². The molecule has 3 aromatic carbocycles. The minimum atomic E-state index is -4.12. The molecule has 2 aliphatic heterocycles. The number of rotatable bonds is 9. The number of piperidine rings is 1. The number of likely N-dealkylation sites (tertiary alicyclic amines) is 1. The molecule has 45 heavy (non-hydrogen) atoms. The number of fused-ring (bicyclic) bond motifs is 1. The van der Waals surface area contributed by atoms with Crippen LogP contribution in [0.1, 0.15) is 55.0 Å². The molecular formula is C32H35FN4O6S2. The fourth-order valence-electron chi connectivity index (χ4n) is 6.18. The highest BCUT2D eigenvalue weighted by Crippen LogP contribution is 2.46. The summed E-state index contributed by atoms with van der Waals surface area (Å²) in [5, 5.41) is 11.2. The van der Waals surface area contributed by atoms with Gasteiger partial charge in [0.2, 0.25) is 5.13 Å². The molecular weight excluding hydrogens is 620 g/mol. The predicted octanol–water partition coefficient (Wildman–Crippen LogP) is 5.50. The van der Waals surface area contributed by atoms with E-state index in [0.29, 0.717) is 55.2 Å². The van der Waals surface area contributed by atoms with Crippen LogP contribution in [0, 0.1) is 5.82 Å². The first-order valence-corrected chi connectivity index (χ1v) is 16.8. The lowest BCUT2D eigenvalue weighted by Crippen LogP contribution is -2.47. The van der Waals surface area contributed by atoms with Gasteiger partial charge in [-0.2, -0.15) is 4.37 Å². The zero-order valence-electron chi connectivity index (χ0n) is 25.2. The number of benzene rings is 3. The highest BCUT2D eigenvalue weighted by Gasteiger charge is 2.41. The third kappa shape index (κ3) is 6.35. The Morgan fingerprint density at radius 3 is 2.62 bits per heavy atom. The second-order valence-corrected chi connectivity index (χ2v) is 14.1. The van der Waals surface area contributed by atoms with E-state index in [1.54, 1.807) is 49.6 Å². The number of nitrogens with zero attached hydrogens (tertiary/aromatic N) is 4. The molecule has 0 amide bonds. The van der Waals surface area contributed by atoms with E-state index in [0.717, 1.165) is 22.7 Å². The summed E-state index contributed by atoms with van der Waals surface area (Å²) < 4.78 is 64.4. The maximum Gasteiger partial charge on any atom is 0.266 e. The van der Waals surface area contributed by atoms with Crippen molar-refractivity contribution >= 4 is 26.7 Å². The summed E-state index contributed by atoms with van der Waals surface area (Å²) in [6.45, 7) is 2.81. The molecule has 0 bridgehead atoms. The van der Waals surface area contributed by atoms with Crippen molar-refractivity contribution in [2.24, 2.45) is 0 Å². The quantitative estimate of drug-likeness (QED) is 0.250. The van der Waals surface area contributed by atoms with Gasteiger partial charge in [-0.25, -0.2) is 22.1 Å². The minimum absolute atomic E-state index is 0.0433. The molecule has 4 aromatic rings. The minimum Gasteiger partial charge on any atom is -0.497 e. The third-order valence-corrected chi connectivity index (χ3v) is 11.1. The highest BCUT2D eigenvalue weighted by atomic mass is 32.2. The first-order chi connectivity index (χ1) is 21.6. The van der Waals surface area contributed by atoms with Crippen LogP contribution in [0.2, 0.25) is 0 Å². The van der Waals surface area contributed by atoms with Gasteiger partial charge >= 0.3 is 0 Å². The Balaban J connectivity index is 1.34. The van der Waals surface area contributed by atoms with Gasteiger partial charge in [-0.15, -0.1) is 0 Å². The van der Waals surface area contributed by atoms with Crippen molar-refractivity contribution in [2.75, 3.05) is 31.7 Å². The largest absolute Gasteiger partial charge is 0.497 e. The number of ether oxygens (including phenoxy) is 3. The molecule has 0 aliphatic carbocycles. The maximum absolute atomic E-state index is 14.2. The third-order valence-electron chi connectivity index (χ3n) is 8.55. The zero-order valence-corrected chi connectivity index (χ0v) is 26.9. The normalized spacial score (nSPS) is 21.9. The molecule has 238 valence electrons. The van der Waals surface area contributed by atoms with Crippen LogP contribution in [0.15, 0.2) is 71.9 Å². The maximum atomic E-state index is 14.2. The van der Waals surface area contributed by atoms with Crippen LogP contribution in [-0.2, 0) is 16.6 Å². The molecule has 0 unspecified atom stereocenters. The molecule has 1 saturated heterocycles. The number of hydrogen-bond donors (Lipinski definition) is 1. The van der Waals surface area contributed by atoms with Crippen LogP contribution >= 0.6 is 11.5 Å². The monoisotopic (exact) mass is 654 g/mol. The van der Waals surface area contributed by atoms with E-state index in [1.807, 2.05) is 13.0 Å². The molecule has 3 atom stereocenters. The van der Waals surface area contributed by atoms with Gasteiger partial charge in [0.25, 0.3) is 10.0 Å². The molecule has 1 aromatic heterocycles. The van der Waals surface area contributed by atoms with E-state index >= 15 is 0 Å². The first-order valence-electron chi connectivity index (χ1n) is 14.6. The fraction of sp³-hybridized carbons (Fsp3) is 0.375. The summed E-state index contributed by atoms with van der Waals surface area (Å²) in [5.74, 6) is 1.24. The van der Waals surface area contributed by atoms with Crippen molar-refractivity contribution in [1.82, 2.24) is 14.3 Å².